The third-order valence-electron chi connectivity index (χ3n) is 3.54. The van der Waals surface area contributed by atoms with Crippen molar-refractivity contribution in [3.05, 3.63) is 76.2 Å². The molecule has 0 atom stereocenters. The van der Waals surface area contributed by atoms with E-state index in [1.807, 2.05) is 29.6 Å². The first-order valence-corrected chi connectivity index (χ1v) is 8.43. The van der Waals surface area contributed by atoms with Crippen LogP contribution in [0.4, 0.5) is 0 Å². The number of thiophene rings is 1. The van der Waals surface area contributed by atoms with Gasteiger partial charge in [-0.05, 0) is 40.3 Å². The Balaban J connectivity index is 1.73. The number of nitrogens with one attached hydrogen (secondary N) is 2. The van der Waals surface area contributed by atoms with Gasteiger partial charge in [0.2, 0.25) is 0 Å². The van der Waals surface area contributed by atoms with Gasteiger partial charge in [0.1, 0.15) is 0 Å². The number of carbonyl (C=O) groups excluding carboxylic acids is 2. The molecule has 4 N–H and O–H groups in total. The van der Waals surface area contributed by atoms with Crippen LogP contribution in [-0.2, 0) is 6.54 Å². The highest BCUT2D eigenvalue weighted by Crippen LogP contribution is 2.28. The Morgan fingerprint density at radius 1 is 1.16 bits per heavy atom. The van der Waals surface area contributed by atoms with Crippen LogP contribution in [0.15, 0.2) is 60.2 Å². The lowest BCUT2D eigenvalue weighted by Gasteiger charge is -2.10. The van der Waals surface area contributed by atoms with Crippen molar-refractivity contribution in [1.29, 1.82) is 0 Å². The second-order valence-electron chi connectivity index (χ2n) is 5.28. The first-order chi connectivity index (χ1) is 12.1. The van der Waals surface area contributed by atoms with Crippen LogP contribution >= 0.6 is 11.3 Å². The predicted octanol–water partition coefficient (Wildman–Crippen LogP) is 2.34. The van der Waals surface area contributed by atoms with Crippen molar-refractivity contribution in [2.75, 3.05) is 0 Å². The van der Waals surface area contributed by atoms with Gasteiger partial charge in [-0.15, -0.1) is 11.3 Å². The number of benzene rings is 1. The van der Waals surface area contributed by atoms with Gasteiger partial charge in [0.25, 0.3) is 11.8 Å². The van der Waals surface area contributed by atoms with Crippen LogP contribution in [0.1, 0.15) is 25.6 Å². The molecule has 0 aliphatic carbocycles. The van der Waals surface area contributed by atoms with E-state index >= 15 is 0 Å². The van der Waals surface area contributed by atoms with Crippen molar-refractivity contribution in [2.24, 2.45) is 5.73 Å². The molecule has 7 heteroatoms. The summed E-state index contributed by atoms with van der Waals surface area (Å²) >= 11 is 1.26. The smallest absolute Gasteiger partial charge is 0.266 e. The number of nitrogens with zero attached hydrogens (tertiary/aromatic N) is 1. The van der Waals surface area contributed by atoms with Crippen molar-refractivity contribution in [2.45, 2.75) is 6.54 Å². The van der Waals surface area contributed by atoms with Gasteiger partial charge in [-0.25, -0.2) is 5.43 Å². The Hall–Kier alpha value is -3.03. The van der Waals surface area contributed by atoms with Crippen LogP contribution in [0, 0.1) is 0 Å². The van der Waals surface area contributed by atoms with Gasteiger partial charge < -0.3 is 5.73 Å². The average Bonchev–Trinajstić information content (AvgIpc) is 3.13. The first-order valence-electron chi connectivity index (χ1n) is 7.55. The number of hydrogen-bond acceptors (Lipinski definition) is 5. The number of rotatable bonds is 6. The minimum Gasteiger partial charge on any atom is -0.365 e. The molecule has 3 aromatic rings. The molecule has 0 radical (unpaired) electrons. The van der Waals surface area contributed by atoms with Crippen LogP contribution in [0.2, 0.25) is 0 Å². The van der Waals surface area contributed by atoms with Crippen molar-refractivity contribution in [3.8, 4) is 11.1 Å². The largest absolute Gasteiger partial charge is 0.365 e. The molecular weight excluding hydrogens is 336 g/mol. The van der Waals surface area contributed by atoms with E-state index in [-0.39, 0.29) is 5.91 Å². The van der Waals surface area contributed by atoms with E-state index in [1.54, 1.807) is 30.6 Å². The molecule has 2 amide bonds. The highest BCUT2D eigenvalue weighted by atomic mass is 32.1. The molecular formula is C18H16N4O2S. The van der Waals surface area contributed by atoms with Gasteiger partial charge in [0, 0.05) is 24.5 Å². The summed E-state index contributed by atoms with van der Waals surface area (Å²) in [6.07, 6.45) is 3.42. The number of amides is 2. The summed E-state index contributed by atoms with van der Waals surface area (Å²) in [7, 11) is 0. The van der Waals surface area contributed by atoms with E-state index in [9.17, 15) is 9.59 Å². The Morgan fingerprint density at radius 2 is 2.00 bits per heavy atom. The zero-order chi connectivity index (χ0) is 17.6. The summed E-state index contributed by atoms with van der Waals surface area (Å²) in [5, 5.41) is 1.81. The number of primary amides is 1. The van der Waals surface area contributed by atoms with E-state index in [1.165, 1.54) is 11.3 Å². The summed E-state index contributed by atoms with van der Waals surface area (Å²) in [5.74, 6) is -0.734. The van der Waals surface area contributed by atoms with Gasteiger partial charge in [-0.2, -0.15) is 0 Å². The average molecular weight is 352 g/mol. The minimum atomic E-state index is -0.476. The topological polar surface area (TPSA) is 97.1 Å². The Kier molecular flexibility index (Phi) is 5.17. The molecule has 3 rings (SSSR count). The molecule has 25 heavy (non-hydrogen) atoms. The lowest BCUT2D eigenvalue weighted by molar-refractivity contribution is 0.0932. The molecule has 0 aliphatic heterocycles. The molecule has 2 aromatic heterocycles. The maximum Gasteiger partial charge on any atom is 0.266 e. The number of hydrazine groups is 1. The molecule has 0 saturated carbocycles. The summed E-state index contributed by atoms with van der Waals surface area (Å²) in [5.41, 5.74) is 13.9. The minimum absolute atomic E-state index is 0.258. The molecule has 6 nitrogen and oxygen atoms in total. The number of aromatic nitrogens is 1. The quantitative estimate of drug-likeness (QED) is 0.593. The highest BCUT2D eigenvalue weighted by molar-refractivity contribution is 7.12. The van der Waals surface area contributed by atoms with Crippen molar-refractivity contribution in [3.63, 3.8) is 0 Å². The van der Waals surface area contributed by atoms with Crippen LogP contribution < -0.4 is 16.6 Å². The SMILES string of the molecule is NC(=O)c1cc(-c2ccccc2C(=O)NNCc2cccnc2)cs1. The van der Waals surface area contributed by atoms with Crippen LogP contribution in [0.5, 0.6) is 0 Å². The molecule has 0 bridgehead atoms. The number of pyridine rings is 1. The number of carbonyl (C=O) groups is 2. The third-order valence-corrected chi connectivity index (χ3v) is 4.49. The Labute approximate surface area is 148 Å². The van der Waals surface area contributed by atoms with E-state index in [0.717, 1.165) is 16.7 Å². The van der Waals surface area contributed by atoms with E-state index < -0.39 is 5.91 Å². The molecule has 1 aromatic carbocycles. The standard InChI is InChI=1S/C18H16N4O2S/c19-17(23)16-8-13(11-25-16)14-5-1-2-6-15(14)18(24)22-21-10-12-4-3-7-20-9-12/h1-9,11,21H,10H2,(H2,19,23)(H,22,24). The molecule has 0 saturated heterocycles. The van der Waals surface area contributed by atoms with Crippen molar-refractivity contribution in [1.82, 2.24) is 15.8 Å². The fourth-order valence-corrected chi connectivity index (χ4v) is 3.10. The summed E-state index contributed by atoms with van der Waals surface area (Å²) in [6.45, 7) is 0.464. The van der Waals surface area contributed by atoms with Crippen molar-refractivity contribution >= 4 is 23.2 Å². The molecule has 0 fully saturated rings. The zero-order valence-electron chi connectivity index (χ0n) is 13.2. The molecule has 126 valence electrons. The molecule has 0 aliphatic rings. The number of nitrogens with two attached hydrogens (primary N) is 1. The molecule has 0 spiro atoms. The maximum absolute atomic E-state index is 12.5. The molecule has 0 unspecified atom stereocenters. The van der Waals surface area contributed by atoms with Crippen LogP contribution in [0.25, 0.3) is 11.1 Å². The van der Waals surface area contributed by atoms with Gasteiger partial charge in [-0.1, -0.05) is 24.3 Å². The summed E-state index contributed by atoms with van der Waals surface area (Å²) in [4.78, 5) is 28.3. The van der Waals surface area contributed by atoms with E-state index in [0.29, 0.717) is 17.0 Å². The van der Waals surface area contributed by atoms with E-state index in [2.05, 4.69) is 15.8 Å². The normalized spacial score (nSPS) is 10.4. The van der Waals surface area contributed by atoms with Crippen LogP contribution in [0.3, 0.4) is 0 Å². The number of hydrogen-bond donors (Lipinski definition) is 3. The fraction of sp³-hybridized carbons (Fsp3) is 0.0556. The highest BCUT2D eigenvalue weighted by Gasteiger charge is 2.14. The van der Waals surface area contributed by atoms with Crippen molar-refractivity contribution < 1.29 is 9.59 Å². The second-order valence-corrected chi connectivity index (χ2v) is 6.19. The van der Waals surface area contributed by atoms with Gasteiger partial charge in [0.15, 0.2) is 0 Å². The first kappa shape index (κ1) is 16.8. The van der Waals surface area contributed by atoms with Gasteiger partial charge >= 0.3 is 0 Å². The van der Waals surface area contributed by atoms with E-state index in [4.69, 9.17) is 5.73 Å². The lowest BCUT2D eigenvalue weighted by Crippen LogP contribution is -2.37. The fourth-order valence-electron chi connectivity index (χ4n) is 2.34. The van der Waals surface area contributed by atoms with Gasteiger partial charge in [-0.3, -0.25) is 20.0 Å². The maximum atomic E-state index is 12.5. The Morgan fingerprint density at radius 3 is 2.72 bits per heavy atom. The predicted molar refractivity (Wildman–Crippen MR) is 96.8 cm³/mol. The lowest BCUT2D eigenvalue weighted by atomic mass is 10.0. The monoisotopic (exact) mass is 352 g/mol. The summed E-state index contributed by atoms with van der Waals surface area (Å²) < 4.78 is 0. The summed E-state index contributed by atoms with van der Waals surface area (Å²) in [6, 6.07) is 12.7. The Bertz CT molecular complexity index is 893. The molecule has 2 heterocycles. The van der Waals surface area contributed by atoms with Crippen LogP contribution in [-0.4, -0.2) is 16.8 Å². The zero-order valence-corrected chi connectivity index (χ0v) is 14.0. The second kappa shape index (κ2) is 7.69. The third kappa shape index (κ3) is 4.09. The van der Waals surface area contributed by atoms with Gasteiger partial charge in [0.05, 0.1) is 4.88 Å².